The Balaban J connectivity index is 1.17. The van der Waals surface area contributed by atoms with Crippen molar-refractivity contribution < 1.29 is 32.7 Å². The van der Waals surface area contributed by atoms with Gasteiger partial charge in [0, 0.05) is 28.7 Å². The number of amides is 1. The van der Waals surface area contributed by atoms with Crippen molar-refractivity contribution in [1.29, 1.82) is 0 Å². The van der Waals surface area contributed by atoms with E-state index >= 15 is 0 Å². The molecule has 0 bridgehead atoms. The van der Waals surface area contributed by atoms with E-state index in [1.165, 1.54) is 30.5 Å². The number of hydrogen-bond donors (Lipinski definition) is 1. The van der Waals surface area contributed by atoms with E-state index in [1.54, 1.807) is 42.5 Å². The van der Waals surface area contributed by atoms with Gasteiger partial charge in [0.25, 0.3) is 5.91 Å². The van der Waals surface area contributed by atoms with Crippen molar-refractivity contribution in [3.63, 3.8) is 0 Å². The Hall–Kier alpha value is -4.92. The number of fused-ring (bicyclic) bond motifs is 2. The summed E-state index contributed by atoms with van der Waals surface area (Å²) in [5, 5.41) is 2.56. The van der Waals surface area contributed by atoms with Gasteiger partial charge in [0.05, 0.1) is 23.9 Å². The third-order valence-corrected chi connectivity index (χ3v) is 5.82. The third kappa shape index (κ3) is 4.92. The molecule has 184 valence electrons. The van der Waals surface area contributed by atoms with E-state index in [4.69, 9.17) is 9.15 Å². The second kappa shape index (κ2) is 9.98. The summed E-state index contributed by atoms with van der Waals surface area (Å²) >= 11 is 0. The van der Waals surface area contributed by atoms with Crippen LogP contribution in [-0.2, 0) is 20.7 Å². The standard InChI is InChI=1S/C28H19FN2O6/c29-17-10-8-16(9-11-17)22-14-30-24(37-22)12-13-25(33)36-15-23(32)31-21-7-3-6-20-26(21)28(35)19-5-2-1-4-18(19)27(20)34/h1-11,14H,12-13,15H2,(H,31,32). The van der Waals surface area contributed by atoms with E-state index in [-0.39, 0.29) is 52.6 Å². The molecule has 0 fully saturated rings. The molecule has 5 rings (SSSR count). The molecule has 9 heteroatoms. The second-order valence-corrected chi connectivity index (χ2v) is 8.27. The highest BCUT2D eigenvalue weighted by molar-refractivity contribution is 6.30. The molecule has 0 unspecified atom stereocenters. The number of carbonyl (C=O) groups excluding carboxylic acids is 4. The molecule has 0 aliphatic heterocycles. The zero-order chi connectivity index (χ0) is 25.9. The van der Waals surface area contributed by atoms with Gasteiger partial charge >= 0.3 is 5.97 Å². The number of esters is 1. The Kier molecular flexibility index (Phi) is 6.42. The Bertz CT molecular complexity index is 1540. The van der Waals surface area contributed by atoms with Gasteiger partial charge in [-0.2, -0.15) is 0 Å². The molecule has 1 N–H and O–H groups in total. The molecule has 0 saturated carbocycles. The monoisotopic (exact) mass is 498 g/mol. The van der Waals surface area contributed by atoms with Gasteiger partial charge in [-0.15, -0.1) is 0 Å². The van der Waals surface area contributed by atoms with Crippen LogP contribution in [-0.4, -0.2) is 35.0 Å². The quantitative estimate of drug-likeness (QED) is 0.331. The summed E-state index contributed by atoms with van der Waals surface area (Å²) < 4.78 is 23.7. The Morgan fingerprint density at radius 2 is 1.59 bits per heavy atom. The van der Waals surface area contributed by atoms with Crippen LogP contribution in [0.5, 0.6) is 0 Å². The van der Waals surface area contributed by atoms with Crippen LogP contribution >= 0.6 is 0 Å². The lowest BCUT2D eigenvalue weighted by Gasteiger charge is -2.20. The molecule has 37 heavy (non-hydrogen) atoms. The molecule has 0 spiro atoms. The number of carbonyl (C=O) groups is 4. The van der Waals surface area contributed by atoms with Crippen molar-refractivity contribution in [3.8, 4) is 11.3 Å². The Morgan fingerprint density at radius 1 is 0.892 bits per heavy atom. The minimum atomic E-state index is -0.657. The summed E-state index contributed by atoms with van der Waals surface area (Å²) in [6.07, 6.45) is 1.54. The molecular formula is C28H19FN2O6. The van der Waals surface area contributed by atoms with Crippen molar-refractivity contribution in [1.82, 2.24) is 4.98 Å². The number of hydrogen-bond acceptors (Lipinski definition) is 7. The SMILES string of the molecule is O=C(COC(=O)CCc1ncc(-c2ccc(F)cc2)o1)Nc1cccc2c1C(=O)c1ccccc1C2=O. The maximum absolute atomic E-state index is 13.1. The molecule has 0 radical (unpaired) electrons. The molecule has 3 aromatic carbocycles. The van der Waals surface area contributed by atoms with Crippen molar-refractivity contribution in [2.45, 2.75) is 12.8 Å². The summed E-state index contributed by atoms with van der Waals surface area (Å²) in [5.74, 6) is -1.62. The Labute approximate surface area is 210 Å². The molecule has 1 aliphatic rings. The maximum Gasteiger partial charge on any atom is 0.306 e. The van der Waals surface area contributed by atoms with Gasteiger partial charge in [-0.25, -0.2) is 9.37 Å². The topological polar surface area (TPSA) is 116 Å². The number of oxazole rings is 1. The van der Waals surface area contributed by atoms with Crippen LogP contribution in [0.1, 0.15) is 44.2 Å². The van der Waals surface area contributed by atoms with Crippen molar-refractivity contribution in [2.75, 3.05) is 11.9 Å². The largest absolute Gasteiger partial charge is 0.456 e. The molecule has 4 aromatic rings. The first-order chi connectivity index (χ1) is 17.9. The second-order valence-electron chi connectivity index (χ2n) is 8.27. The number of aryl methyl sites for hydroxylation is 1. The van der Waals surface area contributed by atoms with Crippen LogP contribution in [0.15, 0.2) is 77.3 Å². The van der Waals surface area contributed by atoms with Crippen LogP contribution in [0.3, 0.4) is 0 Å². The number of ether oxygens (including phenoxy) is 1. The van der Waals surface area contributed by atoms with Crippen molar-refractivity contribution in [3.05, 3.63) is 107 Å². The van der Waals surface area contributed by atoms with Gasteiger partial charge in [0.2, 0.25) is 0 Å². The zero-order valence-corrected chi connectivity index (χ0v) is 19.3. The lowest BCUT2D eigenvalue weighted by atomic mass is 9.83. The number of halogens is 1. The molecule has 0 saturated heterocycles. The molecule has 1 amide bonds. The van der Waals surface area contributed by atoms with E-state index in [0.717, 1.165) is 0 Å². The van der Waals surface area contributed by atoms with Crippen LogP contribution in [0, 0.1) is 5.82 Å². The highest BCUT2D eigenvalue weighted by Gasteiger charge is 2.31. The van der Waals surface area contributed by atoms with E-state index in [9.17, 15) is 23.6 Å². The number of aromatic nitrogens is 1. The first-order valence-corrected chi connectivity index (χ1v) is 11.4. The number of anilines is 1. The Morgan fingerprint density at radius 3 is 2.35 bits per heavy atom. The molecule has 1 aromatic heterocycles. The van der Waals surface area contributed by atoms with Gasteiger partial charge in [0.15, 0.2) is 29.8 Å². The molecule has 0 atom stereocenters. The van der Waals surface area contributed by atoms with Gasteiger partial charge in [0.1, 0.15) is 5.82 Å². The minimum Gasteiger partial charge on any atom is -0.456 e. The lowest BCUT2D eigenvalue weighted by molar-refractivity contribution is -0.147. The summed E-state index contributed by atoms with van der Waals surface area (Å²) in [4.78, 5) is 54.6. The summed E-state index contributed by atoms with van der Waals surface area (Å²) in [6, 6.07) is 16.8. The number of nitrogens with zero attached hydrogens (tertiary/aromatic N) is 1. The number of nitrogens with one attached hydrogen (secondary N) is 1. The minimum absolute atomic E-state index is 0.0822. The van der Waals surface area contributed by atoms with Crippen LogP contribution < -0.4 is 5.32 Å². The van der Waals surface area contributed by atoms with Crippen molar-refractivity contribution in [2.24, 2.45) is 0 Å². The molecule has 8 nitrogen and oxygen atoms in total. The van der Waals surface area contributed by atoms with E-state index in [0.29, 0.717) is 22.8 Å². The van der Waals surface area contributed by atoms with Gasteiger partial charge in [-0.3, -0.25) is 19.2 Å². The average Bonchev–Trinajstić information content (AvgIpc) is 3.39. The molecule has 1 aliphatic carbocycles. The zero-order valence-electron chi connectivity index (χ0n) is 19.3. The van der Waals surface area contributed by atoms with Gasteiger partial charge in [-0.1, -0.05) is 36.4 Å². The fraction of sp³-hybridized carbons (Fsp3) is 0.107. The predicted molar refractivity (Wildman–Crippen MR) is 130 cm³/mol. The van der Waals surface area contributed by atoms with E-state index in [1.807, 2.05) is 0 Å². The summed E-state index contributed by atoms with van der Waals surface area (Å²) in [6.45, 7) is -0.576. The smallest absolute Gasteiger partial charge is 0.306 e. The number of rotatable bonds is 7. The molecule has 1 heterocycles. The average molecular weight is 498 g/mol. The fourth-order valence-corrected chi connectivity index (χ4v) is 4.04. The van der Waals surface area contributed by atoms with Crippen LogP contribution in [0.25, 0.3) is 11.3 Å². The maximum atomic E-state index is 13.1. The first kappa shape index (κ1) is 23.8. The first-order valence-electron chi connectivity index (χ1n) is 11.4. The van der Waals surface area contributed by atoms with Crippen LogP contribution in [0.4, 0.5) is 10.1 Å². The lowest BCUT2D eigenvalue weighted by Crippen LogP contribution is -2.26. The van der Waals surface area contributed by atoms with E-state index in [2.05, 4.69) is 10.3 Å². The van der Waals surface area contributed by atoms with Crippen molar-refractivity contribution >= 4 is 29.1 Å². The van der Waals surface area contributed by atoms with Crippen LogP contribution in [0.2, 0.25) is 0 Å². The highest BCUT2D eigenvalue weighted by atomic mass is 19.1. The molecular weight excluding hydrogens is 479 g/mol. The summed E-state index contributed by atoms with van der Waals surface area (Å²) in [5.41, 5.74) is 1.69. The van der Waals surface area contributed by atoms with Gasteiger partial charge < -0.3 is 14.5 Å². The highest BCUT2D eigenvalue weighted by Crippen LogP contribution is 2.32. The number of ketones is 2. The summed E-state index contributed by atoms with van der Waals surface area (Å²) in [7, 11) is 0. The van der Waals surface area contributed by atoms with Gasteiger partial charge in [-0.05, 0) is 30.3 Å². The normalized spacial score (nSPS) is 12.0. The fourth-order valence-electron chi connectivity index (χ4n) is 4.04. The number of benzene rings is 3. The third-order valence-electron chi connectivity index (χ3n) is 5.82. The predicted octanol–water partition coefficient (Wildman–Crippen LogP) is 4.37. The van der Waals surface area contributed by atoms with E-state index < -0.39 is 18.5 Å².